The predicted octanol–water partition coefficient (Wildman–Crippen LogP) is 3.05. The van der Waals surface area contributed by atoms with Gasteiger partial charge in [-0.3, -0.25) is 0 Å². The summed E-state index contributed by atoms with van der Waals surface area (Å²) in [4.78, 5) is 11.2. The average molecular weight is 377 g/mol. The van der Waals surface area contributed by atoms with Crippen molar-refractivity contribution in [3.63, 3.8) is 0 Å². The molecule has 0 amide bonds. The van der Waals surface area contributed by atoms with Crippen molar-refractivity contribution >= 4 is 5.97 Å². The summed E-state index contributed by atoms with van der Waals surface area (Å²) in [5.41, 5.74) is -0.196. The molecule has 0 saturated carbocycles. The van der Waals surface area contributed by atoms with E-state index in [9.17, 15) is 9.90 Å². The molecule has 0 bridgehead atoms. The van der Waals surface area contributed by atoms with Gasteiger partial charge in [0.05, 0.1) is 0 Å². The molecule has 2 nitrogen and oxygen atoms in total. The smallest absolute Gasteiger partial charge is 0.550 e. The van der Waals surface area contributed by atoms with Gasteiger partial charge in [0.25, 0.3) is 0 Å². The van der Waals surface area contributed by atoms with Gasteiger partial charge in [-0.1, -0.05) is 91.2 Å². The first-order chi connectivity index (χ1) is 11.4. The van der Waals surface area contributed by atoms with Crippen LogP contribution >= 0.6 is 0 Å². The molecule has 0 radical (unpaired) electrons. The van der Waals surface area contributed by atoms with Crippen molar-refractivity contribution < 1.29 is 61.3 Å². The van der Waals surface area contributed by atoms with Crippen LogP contribution in [0.5, 0.6) is 0 Å². The van der Waals surface area contributed by atoms with E-state index in [1.54, 1.807) is 0 Å². The molecule has 0 aliphatic rings. The zero-order chi connectivity index (χ0) is 18.3. The second kappa shape index (κ2) is 18.2. The van der Waals surface area contributed by atoms with E-state index in [0.29, 0.717) is 0 Å². The molecule has 0 saturated heterocycles. The fourth-order valence-corrected chi connectivity index (χ4v) is 3.15. The van der Waals surface area contributed by atoms with E-state index in [1.807, 2.05) is 20.8 Å². The first-order valence-electron chi connectivity index (χ1n) is 10.3. The number of hydrogen-bond acceptors (Lipinski definition) is 2. The number of carbonyl (C=O) groups is 1. The largest absolute Gasteiger partial charge is 1.00 e. The molecule has 0 N–H and O–H groups in total. The summed E-state index contributed by atoms with van der Waals surface area (Å²) in [6.07, 6.45) is 20.6. The molecule has 0 aromatic heterocycles. The van der Waals surface area contributed by atoms with Crippen molar-refractivity contribution in [1.29, 1.82) is 0 Å². The van der Waals surface area contributed by atoms with Gasteiger partial charge >= 0.3 is 51.4 Å². The molecule has 3 heteroatoms. The van der Waals surface area contributed by atoms with Crippen LogP contribution in [-0.2, 0) is 4.79 Å². The third-order valence-electron chi connectivity index (χ3n) is 4.83. The first-order valence-corrected chi connectivity index (χ1v) is 10.3. The average Bonchev–Trinajstić information content (AvgIpc) is 2.49. The van der Waals surface area contributed by atoms with E-state index in [1.165, 1.54) is 64.2 Å². The van der Waals surface area contributed by atoms with Gasteiger partial charge in [0, 0.05) is 11.9 Å². The Labute approximate surface area is 200 Å². The van der Waals surface area contributed by atoms with Crippen LogP contribution in [0.3, 0.4) is 0 Å². The third-order valence-corrected chi connectivity index (χ3v) is 4.83. The molecule has 1 unspecified atom stereocenters. The Morgan fingerprint density at radius 3 is 1.72 bits per heavy atom. The van der Waals surface area contributed by atoms with E-state index in [2.05, 4.69) is 19.1 Å². The molecule has 25 heavy (non-hydrogen) atoms. The summed E-state index contributed by atoms with van der Waals surface area (Å²) in [5.74, 6) is -1.21. The van der Waals surface area contributed by atoms with Crippen molar-refractivity contribution in [2.75, 3.05) is 0 Å². The maximum atomic E-state index is 11.2. The van der Waals surface area contributed by atoms with Crippen molar-refractivity contribution in [3.8, 4) is 0 Å². The summed E-state index contributed by atoms with van der Waals surface area (Å²) >= 11 is 0. The van der Waals surface area contributed by atoms with E-state index in [0.717, 1.165) is 19.3 Å². The number of hydrogen-bond donors (Lipinski definition) is 0. The van der Waals surface area contributed by atoms with Crippen LogP contribution in [0.2, 0.25) is 0 Å². The second-order valence-electron chi connectivity index (χ2n) is 8.26. The molecule has 0 rings (SSSR count). The first kappa shape index (κ1) is 28.1. The molecule has 1 atom stereocenters. The summed E-state index contributed by atoms with van der Waals surface area (Å²) in [5, 5.41) is 11.2. The standard InChI is InChI=1S/C22H42O2.K/c1-5-6-7-8-9-10-11-12-13-14-15-16-17-18-19-20(21(23)24)22(2,3)4;/h12-13,20H,5-11,14-19H2,1-4H3,(H,23,24);/q;+1/p-1/b13-12-;. The number of aliphatic carboxylic acids is 1. The maximum absolute atomic E-state index is 11.2. The summed E-state index contributed by atoms with van der Waals surface area (Å²) in [6.45, 7) is 8.22. The van der Waals surface area contributed by atoms with Crippen LogP contribution in [0.1, 0.15) is 111 Å². The van der Waals surface area contributed by atoms with Gasteiger partial charge in [0.1, 0.15) is 0 Å². The Bertz CT molecular complexity index is 331. The fraction of sp³-hybridized carbons (Fsp3) is 0.864. The monoisotopic (exact) mass is 376 g/mol. The Kier molecular flexibility index (Phi) is 20.5. The second-order valence-corrected chi connectivity index (χ2v) is 8.26. The topological polar surface area (TPSA) is 40.1 Å². The number of carbonyl (C=O) groups excluding carboxylic acids is 1. The van der Waals surface area contributed by atoms with Gasteiger partial charge in [-0.05, 0) is 37.5 Å². The Morgan fingerprint density at radius 2 is 1.28 bits per heavy atom. The van der Waals surface area contributed by atoms with Gasteiger partial charge in [0.15, 0.2) is 0 Å². The summed E-state index contributed by atoms with van der Waals surface area (Å²) < 4.78 is 0. The molecule has 142 valence electrons. The third kappa shape index (κ3) is 18.0. The van der Waals surface area contributed by atoms with E-state index in [4.69, 9.17) is 0 Å². The van der Waals surface area contributed by atoms with Crippen LogP contribution in [0, 0.1) is 11.3 Å². The van der Waals surface area contributed by atoms with Gasteiger partial charge in [-0.25, -0.2) is 0 Å². The molecule has 0 aliphatic carbocycles. The molecule has 0 aromatic rings. The van der Waals surface area contributed by atoms with E-state index < -0.39 is 5.97 Å². The quantitative estimate of drug-likeness (QED) is 0.250. The Balaban J connectivity index is 0. The predicted molar refractivity (Wildman–Crippen MR) is 103 cm³/mol. The van der Waals surface area contributed by atoms with Crippen molar-refractivity contribution in [1.82, 2.24) is 0 Å². The van der Waals surface area contributed by atoms with Gasteiger partial charge < -0.3 is 9.90 Å². The molecule has 0 aromatic carbocycles. The molecular weight excluding hydrogens is 335 g/mol. The Morgan fingerprint density at radius 1 is 0.840 bits per heavy atom. The van der Waals surface area contributed by atoms with Crippen molar-refractivity contribution in [2.24, 2.45) is 11.3 Å². The van der Waals surface area contributed by atoms with Crippen LogP contribution in [0.4, 0.5) is 0 Å². The minimum absolute atomic E-state index is 0. The molecule has 0 spiro atoms. The van der Waals surface area contributed by atoms with Gasteiger partial charge in [-0.15, -0.1) is 0 Å². The van der Waals surface area contributed by atoms with Crippen molar-refractivity contribution in [3.05, 3.63) is 12.2 Å². The van der Waals surface area contributed by atoms with E-state index >= 15 is 0 Å². The molecule has 0 fully saturated rings. The normalized spacial score (nSPS) is 13.0. The van der Waals surface area contributed by atoms with E-state index in [-0.39, 0.29) is 62.7 Å². The minimum Gasteiger partial charge on any atom is -0.550 e. The number of rotatable bonds is 15. The van der Waals surface area contributed by atoms with Gasteiger partial charge in [-0.2, -0.15) is 0 Å². The SMILES string of the molecule is CCCCCCCC/C=C\CCCCCCC(C(=O)[O-])C(C)(C)C.[K+]. The fourth-order valence-electron chi connectivity index (χ4n) is 3.15. The number of carboxylic acid groups (broad SMARTS) is 1. The van der Waals surface area contributed by atoms with Crippen LogP contribution in [0.15, 0.2) is 12.2 Å². The zero-order valence-electron chi connectivity index (χ0n) is 17.7. The number of unbranched alkanes of at least 4 members (excludes halogenated alkanes) is 10. The zero-order valence-corrected chi connectivity index (χ0v) is 20.9. The summed E-state index contributed by atoms with van der Waals surface area (Å²) in [6, 6.07) is 0. The van der Waals surface area contributed by atoms with Crippen LogP contribution in [-0.4, -0.2) is 5.97 Å². The maximum Gasteiger partial charge on any atom is 1.00 e. The van der Waals surface area contributed by atoms with Gasteiger partial charge in [0.2, 0.25) is 0 Å². The minimum atomic E-state index is -0.889. The van der Waals surface area contributed by atoms with Crippen LogP contribution < -0.4 is 56.5 Å². The van der Waals surface area contributed by atoms with Crippen molar-refractivity contribution in [2.45, 2.75) is 111 Å². The number of carboxylic acids is 1. The Hall–Kier alpha value is 0.846. The van der Waals surface area contributed by atoms with Crippen LogP contribution in [0.25, 0.3) is 0 Å². The molecule has 0 aliphatic heterocycles. The molecular formula is C22H41KO2. The molecule has 0 heterocycles. The number of allylic oxidation sites excluding steroid dienone is 2. The summed E-state index contributed by atoms with van der Waals surface area (Å²) in [7, 11) is 0.